The van der Waals surface area contributed by atoms with Crippen LogP contribution in [0.15, 0.2) is 48.8 Å². The summed E-state index contributed by atoms with van der Waals surface area (Å²) in [6.07, 6.45) is 2.67. The van der Waals surface area contributed by atoms with Crippen molar-refractivity contribution < 1.29 is 9.84 Å². The summed E-state index contributed by atoms with van der Waals surface area (Å²) in [5.74, 6) is 0.658. The van der Waals surface area contributed by atoms with Crippen LogP contribution in [-0.4, -0.2) is 16.4 Å². The van der Waals surface area contributed by atoms with E-state index in [1.54, 1.807) is 19.3 Å². The number of ether oxygens (including phenoxy) is 1. The average Bonchev–Trinajstić information content (AvgIpc) is 2.30. The molecule has 2 rings (SSSR count). The highest BCUT2D eigenvalue weighted by Crippen LogP contribution is 2.29. The zero-order chi connectivity index (χ0) is 11.4. The molecule has 0 amide bonds. The molecule has 82 valence electrons. The van der Waals surface area contributed by atoms with Crippen LogP contribution in [0.2, 0.25) is 0 Å². The maximum Gasteiger partial charge on any atom is 0.194 e. The first-order valence-electron chi connectivity index (χ1n) is 5.11. The lowest BCUT2D eigenvalue weighted by molar-refractivity contribution is 0.000143. The normalized spacial score (nSPS) is 12.1. The largest absolute Gasteiger partial charge is 0.465 e. The van der Waals surface area contributed by atoms with Gasteiger partial charge in [-0.15, -0.1) is 0 Å². The standard InChI is InChI=1S/C13H13NO2/c1-10(15)16-13-7-3-2-6-12(13)11-5-4-8-14-9-11/h2-10,15H,1H3. The van der Waals surface area contributed by atoms with E-state index >= 15 is 0 Å². The Labute approximate surface area is 94.3 Å². The Kier molecular flexibility index (Phi) is 3.17. The number of rotatable bonds is 3. The van der Waals surface area contributed by atoms with Crippen molar-refractivity contribution in [3.63, 3.8) is 0 Å². The van der Waals surface area contributed by atoms with Crippen molar-refractivity contribution in [2.24, 2.45) is 0 Å². The van der Waals surface area contributed by atoms with Gasteiger partial charge in [0, 0.05) is 23.5 Å². The number of aliphatic hydroxyl groups is 1. The first-order chi connectivity index (χ1) is 7.77. The fourth-order valence-electron chi connectivity index (χ4n) is 1.51. The third kappa shape index (κ3) is 2.38. The smallest absolute Gasteiger partial charge is 0.194 e. The molecule has 0 bridgehead atoms. The van der Waals surface area contributed by atoms with E-state index in [0.29, 0.717) is 5.75 Å². The van der Waals surface area contributed by atoms with Crippen LogP contribution in [-0.2, 0) is 0 Å². The molecule has 2 aromatic rings. The van der Waals surface area contributed by atoms with Crippen LogP contribution in [0.3, 0.4) is 0 Å². The molecule has 1 unspecified atom stereocenters. The maximum atomic E-state index is 9.24. The van der Waals surface area contributed by atoms with Crippen LogP contribution in [0, 0.1) is 0 Å². The van der Waals surface area contributed by atoms with Crippen LogP contribution >= 0.6 is 0 Å². The molecule has 1 aromatic carbocycles. The van der Waals surface area contributed by atoms with Crippen molar-refractivity contribution in [2.75, 3.05) is 0 Å². The first-order valence-corrected chi connectivity index (χ1v) is 5.11. The second kappa shape index (κ2) is 4.77. The van der Waals surface area contributed by atoms with Crippen LogP contribution in [0.4, 0.5) is 0 Å². The van der Waals surface area contributed by atoms with Crippen molar-refractivity contribution in [1.82, 2.24) is 4.98 Å². The predicted octanol–water partition coefficient (Wildman–Crippen LogP) is 2.47. The molecule has 0 fully saturated rings. The molecule has 0 spiro atoms. The van der Waals surface area contributed by atoms with Gasteiger partial charge >= 0.3 is 0 Å². The number of para-hydroxylation sites is 1. The van der Waals surface area contributed by atoms with Crippen molar-refractivity contribution in [1.29, 1.82) is 0 Å². The highest BCUT2D eigenvalue weighted by Gasteiger charge is 2.07. The fourth-order valence-corrected chi connectivity index (χ4v) is 1.51. The van der Waals surface area contributed by atoms with Crippen LogP contribution < -0.4 is 4.74 Å². The van der Waals surface area contributed by atoms with Crippen LogP contribution in [0.5, 0.6) is 5.75 Å². The Morgan fingerprint density at radius 1 is 1.19 bits per heavy atom. The molecule has 1 N–H and O–H groups in total. The Hall–Kier alpha value is -1.87. The minimum absolute atomic E-state index is 0.658. The van der Waals surface area contributed by atoms with Gasteiger partial charge in [0.05, 0.1) is 0 Å². The zero-order valence-electron chi connectivity index (χ0n) is 9.00. The molecule has 0 aliphatic carbocycles. The van der Waals surface area contributed by atoms with E-state index in [2.05, 4.69) is 4.98 Å². The topological polar surface area (TPSA) is 42.4 Å². The quantitative estimate of drug-likeness (QED) is 0.800. The van der Waals surface area contributed by atoms with E-state index < -0.39 is 6.29 Å². The molecule has 3 heteroatoms. The Balaban J connectivity index is 2.41. The number of aliphatic hydroxyl groups excluding tert-OH is 1. The highest BCUT2D eigenvalue weighted by molar-refractivity contribution is 5.69. The molecule has 1 aromatic heterocycles. The van der Waals surface area contributed by atoms with Gasteiger partial charge in [0.1, 0.15) is 5.75 Å². The summed E-state index contributed by atoms with van der Waals surface area (Å²) in [7, 11) is 0. The summed E-state index contributed by atoms with van der Waals surface area (Å²) in [5.41, 5.74) is 1.90. The van der Waals surface area contributed by atoms with E-state index in [1.807, 2.05) is 36.4 Å². The molecular formula is C13H13NO2. The number of benzene rings is 1. The Bertz CT molecular complexity index is 454. The number of nitrogens with zero attached hydrogens (tertiary/aromatic N) is 1. The molecule has 0 aliphatic rings. The lowest BCUT2D eigenvalue weighted by Gasteiger charge is -2.12. The van der Waals surface area contributed by atoms with Gasteiger partial charge in [-0.05, 0) is 19.1 Å². The lowest BCUT2D eigenvalue weighted by atomic mass is 10.1. The minimum atomic E-state index is -0.821. The zero-order valence-corrected chi connectivity index (χ0v) is 9.00. The summed E-state index contributed by atoms with van der Waals surface area (Å²) in [6, 6.07) is 11.4. The van der Waals surface area contributed by atoms with E-state index in [9.17, 15) is 5.11 Å². The molecule has 0 saturated heterocycles. The Morgan fingerprint density at radius 2 is 2.00 bits per heavy atom. The first kappa shape index (κ1) is 10.6. The summed E-state index contributed by atoms with van der Waals surface area (Å²) >= 11 is 0. The summed E-state index contributed by atoms with van der Waals surface area (Å²) in [6.45, 7) is 1.58. The Morgan fingerprint density at radius 3 is 2.69 bits per heavy atom. The number of hydrogen-bond donors (Lipinski definition) is 1. The van der Waals surface area contributed by atoms with Gasteiger partial charge in [-0.2, -0.15) is 0 Å². The van der Waals surface area contributed by atoms with Gasteiger partial charge in [0.25, 0.3) is 0 Å². The summed E-state index contributed by atoms with van der Waals surface area (Å²) in [4.78, 5) is 4.06. The minimum Gasteiger partial charge on any atom is -0.465 e. The van der Waals surface area contributed by atoms with Crippen LogP contribution in [0.1, 0.15) is 6.92 Å². The van der Waals surface area contributed by atoms with Gasteiger partial charge in [0.15, 0.2) is 6.29 Å². The van der Waals surface area contributed by atoms with E-state index in [-0.39, 0.29) is 0 Å². The molecule has 1 heterocycles. The fraction of sp³-hybridized carbons (Fsp3) is 0.154. The van der Waals surface area contributed by atoms with Crippen molar-refractivity contribution in [2.45, 2.75) is 13.2 Å². The maximum absolute atomic E-state index is 9.24. The van der Waals surface area contributed by atoms with Gasteiger partial charge < -0.3 is 9.84 Å². The third-order valence-electron chi connectivity index (χ3n) is 2.16. The molecular weight excluding hydrogens is 202 g/mol. The average molecular weight is 215 g/mol. The van der Waals surface area contributed by atoms with Crippen molar-refractivity contribution in [3.05, 3.63) is 48.8 Å². The molecule has 0 saturated carbocycles. The molecule has 3 nitrogen and oxygen atoms in total. The molecule has 0 radical (unpaired) electrons. The van der Waals surface area contributed by atoms with Gasteiger partial charge in [-0.3, -0.25) is 4.98 Å². The highest BCUT2D eigenvalue weighted by atomic mass is 16.6. The van der Waals surface area contributed by atoms with Crippen LogP contribution in [0.25, 0.3) is 11.1 Å². The summed E-state index contributed by atoms with van der Waals surface area (Å²) in [5, 5.41) is 9.24. The van der Waals surface area contributed by atoms with E-state index in [4.69, 9.17) is 4.74 Å². The number of pyridine rings is 1. The van der Waals surface area contributed by atoms with Crippen molar-refractivity contribution >= 4 is 0 Å². The van der Waals surface area contributed by atoms with Gasteiger partial charge in [-0.1, -0.05) is 24.3 Å². The van der Waals surface area contributed by atoms with Crippen molar-refractivity contribution in [3.8, 4) is 16.9 Å². The third-order valence-corrected chi connectivity index (χ3v) is 2.16. The molecule has 1 atom stereocenters. The summed E-state index contributed by atoms with van der Waals surface area (Å²) < 4.78 is 5.33. The molecule has 16 heavy (non-hydrogen) atoms. The monoisotopic (exact) mass is 215 g/mol. The van der Waals surface area contributed by atoms with Gasteiger partial charge in [0.2, 0.25) is 0 Å². The van der Waals surface area contributed by atoms with Gasteiger partial charge in [-0.25, -0.2) is 0 Å². The molecule has 0 aliphatic heterocycles. The lowest BCUT2D eigenvalue weighted by Crippen LogP contribution is -2.10. The van der Waals surface area contributed by atoms with E-state index in [0.717, 1.165) is 11.1 Å². The second-order valence-corrected chi connectivity index (χ2v) is 3.46. The number of hydrogen-bond acceptors (Lipinski definition) is 3. The van der Waals surface area contributed by atoms with E-state index in [1.165, 1.54) is 0 Å². The second-order valence-electron chi connectivity index (χ2n) is 3.46. The predicted molar refractivity (Wildman–Crippen MR) is 62.0 cm³/mol. The SMILES string of the molecule is CC(O)Oc1ccccc1-c1cccnc1. The number of aromatic nitrogens is 1.